The average molecular weight is 496 g/mol. The van der Waals surface area contributed by atoms with Gasteiger partial charge in [0.15, 0.2) is 0 Å². The van der Waals surface area contributed by atoms with Crippen LogP contribution in [0.4, 0.5) is 4.79 Å². The number of phenolic OH excluding ortho intramolecular Hbond substituents is 1. The third-order valence-corrected chi connectivity index (χ3v) is 7.00. The molecule has 2 aliphatic heterocycles. The Bertz CT molecular complexity index is 1140. The number of likely N-dealkylation sites (tertiary alicyclic amines) is 2. The van der Waals surface area contributed by atoms with E-state index >= 15 is 0 Å². The second-order valence-corrected chi connectivity index (χ2v) is 11.0. The van der Waals surface area contributed by atoms with Gasteiger partial charge in [-0.1, -0.05) is 30.3 Å². The molecule has 2 heterocycles. The average Bonchev–Trinajstić information content (AvgIpc) is 3.33. The Morgan fingerprint density at radius 3 is 2.53 bits per heavy atom. The van der Waals surface area contributed by atoms with E-state index in [9.17, 15) is 19.5 Å². The van der Waals surface area contributed by atoms with Crippen molar-refractivity contribution in [3.05, 3.63) is 42.0 Å². The molecule has 2 atom stereocenters. The Kier molecular flexibility index (Phi) is 7.43. The van der Waals surface area contributed by atoms with E-state index in [1.165, 1.54) is 0 Å². The maximum Gasteiger partial charge on any atom is 0.410 e. The molecule has 194 valence electrons. The minimum absolute atomic E-state index is 0.0422. The van der Waals surface area contributed by atoms with Gasteiger partial charge in [-0.15, -0.1) is 0 Å². The molecule has 2 aliphatic rings. The lowest BCUT2D eigenvalue weighted by Gasteiger charge is -2.37. The fourth-order valence-corrected chi connectivity index (χ4v) is 5.28. The number of amides is 3. The number of phenols is 1. The first-order valence-corrected chi connectivity index (χ1v) is 12.8. The van der Waals surface area contributed by atoms with Gasteiger partial charge in [0.2, 0.25) is 5.91 Å². The Labute approximate surface area is 212 Å². The summed E-state index contributed by atoms with van der Waals surface area (Å²) >= 11 is 0. The van der Waals surface area contributed by atoms with Gasteiger partial charge < -0.3 is 24.5 Å². The largest absolute Gasteiger partial charge is 0.506 e. The van der Waals surface area contributed by atoms with Crippen LogP contribution in [0.3, 0.4) is 0 Å². The fraction of sp³-hybridized carbons (Fsp3) is 0.536. The van der Waals surface area contributed by atoms with E-state index < -0.39 is 11.6 Å². The number of benzene rings is 2. The lowest BCUT2D eigenvalue weighted by atomic mass is 9.96. The van der Waals surface area contributed by atoms with Crippen LogP contribution >= 0.6 is 0 Å². The lowest BCUT2D eigenvalue weighted by molar-refractivity contribution is -0.137. The van der Waals surface area contributed by atoms with Gasteiger partial charge in [-0.3, -0.25) is 9.59 Å². The van der Waals surface area contributed by atoms with Crippen LogP contribution in [0.5, 0.6) is 5.75 Å². The number of hydrogen-bond acceptors (Lipinski definition) is 5. The summed E-state index contributed by atoms with van der Waals surface area (Å²) in [5, 5.41) is 12.3. The van der Waals surface area contributed by atoms with E-state index in [0.29, 0.717) is 38.0 Å². The zero-order valence-corrected chi connectivity index (χ0v) is 21.7. The van der Waals surface area contributed by atoms with Gasteiger partial charge in [-0.2, -0.15) is 0 Å². The predicted octanol–water partition coefficient (Wildman–Crippen LogP) is 4.26. The summed E-state index contributed by atoms with van der Waals surface area (Å²) < 4.78 is 5.46. The van der Waals surface area contributed by atoms with Crippen molar-refractivity contribution in [1.82, 2.24) is 14.7 Å². The highest BCUT2D eigenvalue weighted by Gasteiger charge is 2.39. The van der Waals surface area contributed by atoms with Crippen LogP contribution < -0.4 is 0 Å². The first-order valence-electron chi connectivity index (χ1n) is 12.8. The molecule has 2 aromatic rings. The van der Waals surface area contributed by atoms with Crippen molar-refractivity contribution in [3.8, 4) is 5.75 Å². The van der Waals surface area contributed by atoms with Crippen molar-refractivity contribution in [1.29, 1.82) is 0 Å². The van der Waals surface area contributed by atoms with Crippen LogP contribution in [-0.2, 0) is 9.53 Å². The zero-order chi connectivity index (χ0) is 26.0. The van der Waals surface area contributed by atoms with Crippen molar-refractivity contribution in [2.24, 2.45) is 5.92 Å². The molecule has 36 heavy (non-hydrogen) atoms. The van der Waals surface area contributed by atoms with E-state index in [1.54, 1.807) is 29.0 Å². The first kappa shape index (κ1) is 25.8. The van der Waals surface area contributed by atoms with Gasteiger partial charge in [-0.05, 0) is 63.8 Å². The number of ether oxygens (including phenoxy) is 1. The molecule has 0 radical (unpaired) electrons. The molecule has 8 heteroatoms. The highest BCUT2D eigenvalue weighted by molar-refractivity contribution is 6.05. The standard InChI is InChI=1S/C28H37N3O5/c1-28(2,3)36-27(35)29(4)17-19-9-7-15-30(18-19)26(34)23-12-8-16-31(23)25(33)22-14-13-20-10-5-6-11-21(20)24(22)32/h5-6,10-11,13-14,19,23,32H,7-9,12,15-18H2,1-4H3. The zero-order valence-electron chi connectivity index (χ0n) is 21.7. The Balaban J connectivity index is 1.43. The maximum atomic E-state index is 13.6. The van der Waals surface area contributed by atoms with E-state index in [4.69, 9.17) is 4.74 Å². The molecular weight excluding hydrogens is 458 g/mol. The molecule has 0 aromatic heterocycles. The van der Waals surface area contributed by atoms with E-state index in [-0.39, 0.29) is 35.1 Å². The number of rotatable bonds is 4. The number of piperidine rings is 1. The van der Waals surface area contributed by atoms with Gasteiger partial charge >= 0.3 is 6.09 Å². The SMILES string of the molecule is CN(CC1CCCN(C(=O)C2CCCN2C(=O)c2ccc3ccccc3c2O)C1)C(=O)OC(C)(C)C. The fourth-order valence-electron chi connectivity index (χ4n) is 5.28. The Hall–Kier alpha value is -3.29. The van der Waals surface area contributed by atoms with Crippen LogP contribution in [0.2, 0.25) is 0 Å². The molecule has 2 unspecified atom stereocenters. The molecule has 2 saturated heterocycles. The molecule has 0 bridgehead atoms. The summed E-state index contributed by atoms with van der Waals surface area (Å²) in [5.74, 6) is -0.257. The lowest BCUT2D eigenvalue weighted by Crippen LogP contribution is -2.51. The second-order valence-electron chi connectivity index (χ2n) is 11.0. The second kappa shape index (κ2) is 10.4. The van der Waals surface area contributed by atoms with Crippen LogP contribution in [-0.4, -0.2) is 82.6 Å². The molecule has 8 nitrogen and oxygen atoms in total. The van der Waals surface area contributed by atoms with Gasteiger partial charge in [0.25, 0.3) is 5.91 Å². The third-order valence-electron chi connectivity index (χ3n) is 7.00. The van der Waals surface area contributed by atoms with Crippen molar-refractivity contribution in [3.63, 3.8) is 0 Å². The van der Waals surface area contributed by atoms with Crippen molar-refractivity contribution >= 4 is 28.7 Å². The summed E-state index contributed by atoms with van der Waals surface area (Å²) in [6, 6.07) is 10.3. The van der Waals surface area contributed by atoms with Gasteiger partial charge in [0, 0.05) is 38.6 Å². The topological polar surface area (TPSA) is 90.4 Å². The quantitative estimate of drug-likeness (QED) is 0.685. The molecule has 0 saturated carbocycles. The summed E-state index contributed by atoms with van der Waals surface area (Å²) in [5.41, 5.74) is -0.332. The monoisotopic (exact) mass is 495 g/mol. The minimum Gasteiger partial charge on any atom is -0.506 e. The normalized spacial score (nSPS) is 20.4. The van der Waals surface area contributed by atoms with Crippen molar-refractivity contribution < 1.29 is 24.2 Å². The van der Waals surface area contributed by atoms with Gasteiger partial charge in [0.05, 0.1) is 5.56 Å². The van der Waals surface area contributed by atoms with Crippen LogP contribution in [0.15, 0.2) is 36.4 Å². The van der Waals surface area contributed by atoms with Gasteiger partial charge in [0.1, 0.15) is 17.4 Å². The summed E-state index contributed by atoms with van der Waals surface area (Å²) in [4.78, 5) is 44.4. The van der Waals surface area contributed by atoms with Crippen LogP contribution in [0.25, 0.3) is 10.8 Å². The van der Waals surface area contributed by atoms with Crippen LogP contribution in [0.1, 0.15) is 56.8 Å². The number of nitrogens with zero attached hydrogens (tertiary/aromatic N) is 3. The minimum atomic E-state index is -0.558. The molecule has 0 spiro atoms. The number of carbonyl (C=O) groups excluding carboxylic acids is 3. The predicted molar refractivity (Wildman–Crippen MR) is 138 cm³/mol. The first-order chi connectivity index (χ1) is 17.0. The Morgan fingerprint density at radius 2 is 1.78 bits per heavy atom. The highest BCUT2D eigenvalue weighted by Crippen LogP contribution is 2.32. The molecular formula is C28H37N3O5. The van der Waals surface area contributed by atoms with Crippen molar-refractivity contribution in [2.45, 2.75) is 58.1 Å². The Morgan fingerprint density at radius 1 is 1.06 bits per heavy atom. The summed E-state index contributed by atoms with van der Waals surface area (Å²) in [6.07, 6.45) is 2.76. The van der Waals surface area contributed by atoms with E-state index in [0.717, 1.165) is 24.6 Å². The van der Waals surface area contributed by atoms with Gasteiger partial charge in [-0.25, -0.2) is 4.79 Å². The van der Waals surface area contributed by atoms with Crippen LogP contribution in [0, 0.1) is 5.92 Å². The molecule has 4 rings (SSSR count). The van der Waals surface area contributed by atoms with E-state index in [2.05, 4.69) is 0 Å². The third kappa shape index (κ3) is 5.58. The summed E-state index contributed by atoms with van der Waals surface area (Å²) in [6.45, 7) is 7.71. The molecule has 1 N–H and O–H groups in total. The number of hydrogen-bond donors (Lipinski definition) is 1. The molecule has 2 aromatic carbocycles. The maximum absolute atomic E-state index is 13.6. The molecule has 2 fully saturated rings. The van der Waals surface area contributed by atoms with Crippen molar-refractivity contribution in [2.75, 3.05) is 33.2 Å². The molecule has 3 amide bonds. The number of fused-ring (bicyclic) bond motifs is 1. The number of carbonyl (C=O) groups is 3. The summed E-state index contributed by atoms with van der Waals surface area (Å²) in [7, 11) is 1.72. The molecule has 0 aliphatic carbocycles. The number of aromatic hydroxyl groups is 1. The smallest absolute Gasteiger partial charge is 0.410 e. The van der Waals surface area contributed by atoms with E-state index in [1.807, 2.05) is 49.9 Å². The highest BCUT2D eigenvalue weighted by atomic mass is 16.6.